The molecule has 1 aromatic carbocycles. The van der Waals surface area contributed by atoms with Crippen LogP contribution in [0.4, 0.5) is 0 Å². The van der Waals surface area contributed by atoms with Gasteiger partial charge in [-0.15, -0.1) is 0 Å². The molecule has 0 saturated heterocycles. The van der Waals surface area contributed by atoms with Gasteiger partial charge >= 0.3 is 0 Å². The molecule has 2 rings (SSSR count). The lowest BCUT2D eigenvalue weighted by Crippen LogP contribution is -1.83. The summed E-state index contributed by atoms with van der Waals surface area (Å²) in [5, 5.41) is 8.74. The molecule has 0 unspecified atom stereocenters. The third-order valence-corrected chi connectivity index (χ3v) is 2.89. The van der Waals surface area contributed by atoms with Gasteiger partial charge in [-0.3, -0.25) is 0 Å². The van der Waals surface area contributed by atoms with E-state index in [1.165, 1.54) is 18.4 Å². The Bertz CT molecular complexity index is 348. The molecule has 0 heterocycles. The van der Waals surface area contributed by atoms with Gasteiger partial charge in [0.05, 0.1) is 11.6 Å². The number of nitriles is 1. The first-order valence-electron chi connectivity index (χ1n) is 4.85. The third kappa shape index (κ3) is 1.58. The highest BCUT2D eigenvalue weighted by Gasteiger charge is 2.36. The number of rotatable bonds is 2. The summed E-state index contributed by atoms with van der Waals surface area (Å²) in [6.45, 7) is 2.23. The predicted molar refractivity (Wildman–Crippen MR) is 52.3 cm³/mol. The monoisotopic (exact) mass is 171 g/mol. The van der Waals surface area contributed by atoms with Crippen molar-refractivity contribution in [1.82, 2.24) is 0 Å². The zero-order valence-corrected chi connectivity index (χ0v) is 7.83. The maximum atomic E-state index is 8.74. The van der Waals surface area contributed by atoms with Gasteiger partial charge in [0.1, 0.15) is 0 Å². The van der Waals surface area contributed by atoms with Crippen molar-refractivity contribution >= 4 is 0 Å². The van der Waals surface area contributed by atoms with E-state index in [2.05, 4.69) is 19.1 Å². The normalized spacial score (nSPS) is 25.2. The molecule has 1 fully saturated rings. The first-order chi connectivity index (χ1) is 6.35. The lowest BCUT2D eigenvalue weighted by Gasteiger charge is -1.98. The van der Waals surface area contributed by atoms with Gasteiger partial charge in [-0.25, -0.2) is 0 Å². The van der Waals surface area contributed by atoms with Crippen LogP contribution in [0, 0.1) is 17.2 Å². The fraction of sp³-hybridized carbons (Fsp3) is 0.417. The Labute approximate surface area is 79.0 Å². The molecule has 2 atom stereocenters. The number of nitrogens with zero attached hydrogens (tertiary/aromatic N) is 1. The van der Waals surface area contributed by atoms with Crippen molar-refractivity contribution < 1.29 is 0 Å². The van der Waals surface area contributed by atoms with Crippen molar-refractivity contribution in [3.8, 4) is 6.07 Å². The van der Waals surface area contributed by atoms with Gasteiger partial charge in [0.25, 0.3) is 0 Å². The fourth-order valence-electron chi connectivity index (χ4n) is 1.95. The van der Waals surface area contributed by atoms with Crippen LogP contribution in [0.1, 0.15) is 36.8 Å². The van der Waals surface area contributed by atoms with Crippen LogP contribution in [0.25, 0.3) is 0 Å². The van der Waals surface area contributed by atoms with Gasteiger partial charge in [0.2, 0.25) is 0 Å². The van der Waals surface area contributed by atoms with Gasteiger partial charge in [-0.1, -0.05) is 25.5 Å². The highest BCUT2D eigenvalue weighted by Crippen LogP contribution is 2.49. The van der Waals surface area contributed by atoms with E-state index >= 15 is 0 Å². The Balaban J connectivity index is 2.19. The molecular formula is C12H13N. The molecule has 1 heteroatoms. The van der Waals surface area contributed by atoms with E-state index in [1.54, 1.807) is 0 Å². The molecule has 1 aromatic rings. The van der Waals surface area contributed by atoms with E-state index in [9.17, 15) is 0 Å². The molecule has 0 aliphatic heterocycles. The molecule has 1 aliphatic carbocycles. The average molecular weight is 171 g/mol. The highest BCUT2D eigenvalue weighted by molar-refractivity contribution is 5.36. The number of hydrogen-bond acceptors (Lipinski definition) is 1. The molecule has 1 saturated carbocycles. The molecule has 0 spiro atoms. The van der Waals surface area contributed by atoms with Gasteiger partial charge in [0.15, 0.2) is 0 Å². The van der Waals surface area contributed by atoms with Crippen LogP contribution in [-0.2, 0) is 0 Å². The Morgan fingerprint density at radius 3 is 3.00 bits per heavy atom. The minimum Gasteiger partial charge on any atom is -0.192 e. The fourth-order valence-corrected chi connectivity index (χ4v) is 1.95. The van der Waals surface area contributed by atoms with Crippen LogP contribution in [0.2, 0.25) is 0 Å². The topological polar surface area (TPSA) is 23.8 Å². The molecule has 0 amide bonds. The maximum Gasteiger partial charge on any atom is 0.0991 e. The second-order valence-electron chi connectivity index (χ2n) is 3.75. The average Bonchev–Trinajstić information content (AvgIpc) is 2.97. The SMILES string of the molecule is CC[C@H]1C[C@@H]1c1cccc(C#N)c1. The third-order valence-electron chi connectivity index (χ3n) is 2.89. The van der Waals surface area contributed by atoms with Crippen LogP contribution in [0.5, 0.6) is 0 Å². The van der Waals surface area contributed by atoms with Crippen LogP contribution in [0.3, 0.4) is 0 Å². The van der Waals surface area contributed by atoms with Gasteiger partial charge in [-0.05, 0) is 36.0 Å². The lowest BCUT2D eigenvalue weighted by molar-refractivity contribution is 0.766. The standard InChI is InChI=1S/C12H13N/c1-2-10-7-12(10)11-5-3-4-9(6-11)8-13/h3-6,10,12H,2,7H2,1H3/t10-,12-/m0/s1. The summed E-state index contributed by atoms with van der Waals surface area (Å²) in [6, 6.07) is 10.2. The Hall–Kier alpha value is -1.29. The van der Waals surface area contributed by atoms with Crippen LogP contribution >= 0.6 is 0 Å². The van der Waals surface area contributed by atoms with E-state index < -0.39 is 0 Å². The molecule has 66 valence electrons. The molecule has 0 aromatic heterocycles. The van der Waals surface area contributed by atoms with Crippen molar-refractivity contribution in [2.45, 2.75) is 25.7 Å². The zero-order chi connectivity index (χ0) is 9.26. The van der Waals surface area contributed by atoms with Gasteiger partial charge < -0.3 is 0 Å². The van der Waals surface area contributed by atoms with E-state index in [4.69, 9.17) is 5.26 Å². The lowest BCUT2D eigenvalue weighted by atomic mass is 10.1. The number of hydrogen-bond donors (Lipinski definition) is 0. The second kappa shape index (κ2) is 3.22. The van der Waals surface area contributed by atoms with Crippen molar-refractivity contribution in [3.63, 3.8) is 0 Å². The molecule has 0 radical (unpaired) electrons. The molecule has 0 bridgehead atoms. The van der Waals surface area contributed by atoms with E-state index in [0.29, 0.717) is 0 Å². The van der Waals surface area contributed by atoms with E-state index in [1.807, 2.05) is 18.2 Å². The summed E-state index contributed by atoms with van der Waals surface area (Å²) in [5.74, 6) is 1.60. The molecular weight excluding hydrogens is 158 g/mol. The second-order valence-corrected chi connectivity index (χ2v) is 3.75. The van der Waals surface area contributed by atoms with Crippen molar-refractivity contribution in [2.24, 2.45) is 5.92 Å². The smallest absolute Gasteiger partial charge is 0.0991 e. The van der Waals surface area contributed by atoms with Crippen LogP contribution in [-0.4, -0.2) is 0 Å². The molecule has 1 nitrogen and oxygen atoms in total. The van der Waals surface area contributed by atoms with Gasteiger partial charge in [-0.2, -0.15) is 5.26 Å². The van der Waals surface area contributed by atoms with Crippen molar-refractivity contribution in [1.29, 1.82) is 5.26 Å². The highest BCUT2D eigenvalue weighted by atomic mass is 14.4. The van der Waals surface area contributed by atoms with E-state index in [-0.39, 0.29) is 0 Å². The van der Waals surface area contributed by atoms with E-state index in [0.717, 1.165) is 17.4 Å². The Morgan fingerprint density at radius 2 is 2.38 bits per heavy atom. The zero-order valence-electron chi connectivity index (χ0n) is 7.83. The molecule has 0 N–H and O–H groups in total. The molecule has 1 aliphatic rings. The predicted octanol–water partition coefficient (Wildman–Crippen LogP) is 3.07. The van der Waals surface area contributed by atoms with Crippen LogP contribution in [0.15, 0.2) is 24.3 Å². The summed E-state index contributed by atoms with van der Waals surface area (Å²) in [7, 11) is 0. The summed E-state index contributed by atoms with van der Waals surface area (Å²) in [5.41, 5.74) is 2.14. The number of benzene rings is 1. The largest absolute Gasteiger partial charge is 0.192 e. The maximum absolute atomic E-state index is 8.74. The molecule has 13 heavy (non-hydrogen) atoms. The van der Waals surface area contributed by atoms with Crippen LogP contribution < -0.4 is 0 Å². The Kier molecular flexibility index (Phi) is 2.06. The quantitative estimate of drug-likeness (QED) is 0.670. The first kappa shape index (κ1) is 8.31. The summed E-state index contributed by atoms with van der Waals surface area (Å²) < 4.78 is 0. The Morgan fingerprint density at radius 1 is 1.54 bits per heavy atom. The minimum absolute atomic E-state index is 0.735. The van der Waals surface area contributed by atoms with Gasteiger partial charge in [0, 0.05) is 0 Å². The summed E-state index contributed by atoms with van der Waals surface area (Å²) in [4.78, 5) is 0. The summed E-state index contributed by atoms with van der Waals surface area (Å²) >= 11 is 0. The first-order valence-corrected chi connectivity index (χ1v) is 4.85. The minimum atomic E-state index is 0.735. The van der Waals surface area contributed by atoms with Crippen molar-refractivity contribution in [2.75, 3.05) is 0 Å². The summed E-state index contributed by atoms with van der Waals surface area (Å²) in [6.07, 6.45) is 2.58. The van der Waals surface area contributed by atoms with Crippen molar-refractivity contribution in [3.05, 3.63) is 35.4 Å².